The van der Waals surface area contributed by atoms with Crippen molar-refractivity contribution in [3.63, 3.8) is 0 Å². The maximum Gasteiger partial charge on any atom is 0.209 e. The monoisotopic (exact) mass is 326 g/mol. The molecule has 0 fully saturated rings. The van der Waals surface area contributed by atoms with Crippen molar-refractivity contribution in [2.24, 2.45) is 0 Å². The minimum absolute atomic E-state index is 0.253. The lowest BCUT2D eigenvalue weighted by molar-refractivity contribution is 0.0719. The number of rotatable bonds is 7. The van der Waals surface area contributed by atoms with Gasteiger partial charge in [0.1, 0.15) is 24.0 Å². The van der Waals surface area contributed by atoms with E-state index in [0.29, 0.717) is 19.0 Å². The summed E-state index contributed by atoms with van der Waals surface area (Å²) < 4.78 is 11.4. The Labute approximate surface area is 141 Å². The van der Waals surface area contributed by atoms with E-state index in [4.69, 9.17) is 9.15 Å². The lowest BCUT2D eigenvalue weighted by Gasteiger charge is -2.19. The van der Waals surface area contributed by atoms with Gasteiger partial charge in [0, 0.05) is 6.54 Å². The summed E-state index contributed by atoms with van der Waals surface area (Å²) in [4.78, 5) is 6.41. The van der Waals surface area contributed by atoms with Gasteiger partial charge in [0.25, 0.3) is 0 Å². The van der Waals surface area contributed by atoms with Crippen LogP contribution < -0.4 is 4.74 Å². The normalized spacial score (nSPS) is 12.7. The van der Waals surface area contributed by atoms with Gasteiger partial charge in [-0.1, -0.05) is 30.3 Å². The molecule has 0 aliphatic carbocycles. The molecule has 0 saturated carbocycles. The second kappa shape index (κ2) is 7.47. The predicted molar refractivity (Wildman–Crippen MR) is 93.0 cm³/mol. The van der Waals surface area contributed by atoms with E-state index in [9.17, 15) is 5.11 Å². The third-order valence-corrected chi connectivity index (χ3v) is 3.79. The summed E-state index contributed by atoms with van der Waals surface area (Å²) in [5, 5.41) is 10.2. The molecule has 0 aliphatic heterocycles. The minimum Gasteiger partial charge on any atom is -0.491 e. The maximum absolute atomic E-state index is 10.2. The number of nitrogens with zero attached hydrogens (tertiary/aromatic N) is 2. The average molecular weight is 326 g/mol. The highest BCUT2D eigenvalue weighted by Crippen LogP contribution is 2.17. The summed E-state index contributed by atoms with van der Waals surface area (Å²) in [5.41, 5.74) is 2.69. The SMILES string of the molecule is Cc1ccccc1OCC(O)CN(C)Cc1nc2ccccc2o1. The molecule has 1 N–H and O–H groups in total. The van der Waals surface area contributed by atoms with E-state index in [-0.39, 0.29) is 6.61 Å². The molecule has 2 aromatic carbocycles. The van der Waals surface area contributed by atoms with Gasteiger partial charge in [-0.2, -0.15) is 0 Å². The van der Waals surface area contributed by atoms with E-state index in [1.807, 2.05) is 67.4 Å². The molecule has 1 unspecified atom stereocenters. The molecule has 0 aliphatic rings. The van der Waals surface area contributed by atoms with Crippen molar-refractivity contribution in [1.82, 2.24) is 9.88 Å². The smallest absolute Gasteiger partial charge is 0.209 e. The Hall–Kier alpha value is -2.37. The first-order valence-electron chi connectivity index (χ1n) is 8.01. The number of hydrogen-bond donors (Lipinski definition) is 1. The highest BCUT2D eigenvalue weighted by atomic mass is 16.5. The highest BCUT2D eigenvalue weighted by Gasteiger charge is 2.13. The number of aryl methyl sites for hydroxylation is 1. The van der Waals surface area contributed by atoms with Gasteiger partial charge < -0.3 is 14.3 Å². The lowest BCUT2D eigenvalue weighted by Crippen LogP contribution is -2.32. The fourth-order valence-corrected chi connectivity index (χ4v) is 2.60. The first-order valence-corrected chi connectivity index (χ1v) is 8.01. The van der Waals surface area contributed by atoms with Crippen LogP contribution >= 0.6 is 0 Å². The number of aliphatic hydroxyl groups is 1. The van der Waals surface area contributed by atoms with E-state index >= 15 is 0 Å². The molecule has 5 nitrogen and oxygen atoms in total. The van der Waals surface area contributed by atoms with Crippen LogP contribution in [0.3, 0.4) is 0 Å². The summed E-state index contributed by atoms with van der Waals surface area (Å²) in [6.45, 7) is 3.25. The lowest BCUT2D eigenvalue weighted by atomic mass is 10.2. The van der Waals surface area contributed by atoms with Gasteiger partial charge in [-0.3, -0.25) is 4.90 Å². The van der Waals surface area contributed by atoms with Crippen LogP contribution in [0.4, 0.5) is 0 Å². The zero-order chi connectivity index (χ0) is 16.9. The zero-order valence-corrected chi connectivity index (χ0v) is 14.0. The highest BCUT2D eigenvalue weighted by molar-refractivity contribution is 5.72. The molecule has 0 radical (unpaired) electrons. The number of aliphatic hydroxyl groups excluding tert-OH is 1. The van der Waals surface area contributed by atoms with Crippen LogP contribution in [0.5, 0.6) is 5.75 Å². The molecule has 126 valence electrons. The van der Waals surface area contributed by atoms with Crippen molar-refractivity contribution < 1.29 is 14.3 Å². The first kappa shape index (κ1) is 16.5. The summed E-state index contributed by atoms with van der Waals surface area (Å²) in [6.07, 6.45) is -0.584. The third-order valence-electron chi connectivity index (χ3n) is 3.79. The van der Waals surface area contributed by atoms with E-state index < -0.39 is 6.10 Å². The van der Waals surface area contributed by atoms with Crippen LogP contribution in [0.15, 0.2) is 52.9 Å². The molecule has 3 rings (SSSR count). The maximum atomic E-state index is 10.2. The number of hydrogen-bond acceptors (Lipinski definition) is 5. The van der Waals surface area contributed by atoms with Crippen molar-refractivity contribution in [3.8, 4) is 5.75 Å². The van der Waals surface area contributed by atoms with Crippen LogP contribution in [0.25, 0.3) is 11.1 Å². The molecule has 24 heavy (non-hydrogen) atoms. The van der Waals surface area contributed by atoms with Gasteiger partial charge in [-0.25, -0.2) is 4.98 Å². The Bertz CT molecular complexity index is 767. The van der Waals surface area contributed by atoms with Crippen molar-refractivity contribution in [3.05, 3.63) is 60.0 Å². The number of fused-ring (bicyclic) bond motifs is 1. The predicted octanol–water partition coefficient (Wildman–Crippen LogP) is 3.01. The van der Waals surface area contributed by atoms with E-state index in [2.05, 4.69) is 4.98 Å². The summed E-state index contributed by atoms with van der Waals surface area (Å²) in [6, 6.07) is 15.5. The van der Waals surface area contributed by atoms with Gasteiger partial charge in [0.2, 0.25) is 5.89 Å². The number of oxazole rings is 1. The van der Waals surface area contributed by atoms with Gasteiger partial charge in [-0.05, 0) is 37.7 Å². The summed E-state index contributed by atoms with van der Waals surface area (Å²) >= 11 is 0. The number of ether oxygens (including phenoxy) is 1. The molecule has 5 heteroatoms. The Balaban J connectivity index is 1.50. The molecular formula is C19H22N2O3. The quantitative estimate of drug-likeness (QED) is 0.723. The van der Waals surface area contributed by atoms with Crippen molar-refractivity contribution in [2.45, 2.75) is 19.6 Å². The molecule has 0 amide bonds. The number of para-hydroxylation sites is 3. The number of likely N-dealkylation sites (N-methyl/N-ethyl adjacent to an activating group) is 1. The Kier molecular flexibility index (Phi) is 5.13. The zero-order valence-electron chi connectivity index (χ0n) is 14.0. The van der Waals surface area contributed by atoms with Crippen LogP contribution in [-0.2, 0) is 6.54 Å². The number of aromatic nitrogens is 1. The molecule has 1 aromatic heterocycles. The van der Waals surface area contributed by atoms with Gasteiger partial charge in [0.05, 0.1) is 6.54 Å². The van der Waals surface area contributed by atoms with E-state index in [0.717, 1.165) is 22.4 Å². The second-order valence-corrected chi connectivity index (χ2v) is 6.00. The van der Waals surface area contributed by atoms with Crippen LogP contribution in [0, 0.1) is 6.92 Å². The molecule has 1 heterocycles. The van der Waals surface area contributed by atoms with E-state index in [1.165, 1.54) is 0 Å². The van der Waals surface area contributed by atoms with Crippen molar-refractivity contribution >= 4 is 11.1 Å². The molecule has 0 spiro atoms. The number of benzene rings is 2. The Morgan fingerprint density at radius 3 is 2.71 bits per heavy atom. The third kappa shape index (κ3) is 4.13. The van der Waals surface area contributed by atoms with Crippen molar-refractivity contribution in [1.29, 1.82) is 0 Å². The molecule has 3 aromatic rings. The Morgan fingerprint density at radius 1 is 1.17 bits per heavy atom. The topological polar surface area (TPSA) is 58.7 Å². The van der Waals surface area contributed by atoms with Gasteiger partial charge in [0.15, 0.2) is 5.58 Å². The largest absolute Gasteiger partial charge is 0.491 e. The molecule has 1 atom stereocenters. The minimum atomic E-state index is -0.584. The van der Waals surface area contributed by atoms with Gasteiger partial charge in [-0.15, -0.1) is 0 Å². The summed E-state index contributed by atoms with van der Waals surface area (Å²) in [7, 11) is 1.92. The molecular weight excluding hydrogens is 304 g/mol. The summed E-state index contributed by atoms with van der Waals surface area (Å²) in [5.74, 6) is 1.45. The van der Waals surface area contributed by atoms with Crippen LogP contribution in [0.2, 0.25) is 0 Å². The van der Waals surface area contributed by atoms with Gasteiger partial charge >= 0.3 is 0 Å². The van der Waals surface area contributed by atoms with E-state index in [1.54, 1.807) is 0 Å². The standard InChI is InChI=1S/C19H22N2O3/c1-14-7-3-5-9-17(14)23-13-15(22)11-21(2)12-19-20-16-8-4-6-10-18(16)24-19/h3-10,15,22H,11-13H2,1-2H3. The Morgan fingerprint density at radius 2 is 1.92 bits per heavy atom. The average Bonchev–Trinajstić information content (AvgIpc) is 2.96. The molecule has 0 saturated heterocycles. The van der Waals surface area contributed by atoms with Crippen LogP contribution in [0.1, 0.15) is 11.5 Å². The fourth-order valence-electron chi connectivity index (χ4n) is 2.60. The van der Waals surface area contributed by atoms with Crippen LogP contribution in [-0.4, -0.2) is 41.3 Å². The van der Waals surface area contributed by atoms with Crippen molar-refractivity contribution in [2.75, 3.05) is 20.2 Å². The fraction of sp³-hybridized carbons (Fsp3) is 0.316. The first-order chi connectivity index (χ1) is 11.6. The second-order valence-electron chi connectivity index (χ2n) is 6.00. The molecule has 0 bridgehead atoms.